The Labute approximate surface area is 152 Å². The van der Waals surface area contributed by atoms with E-state index in [0.717, 1.165) is 65.7 Å². The Morgan fingerprint density at radius 1 is 0.542 bits per heavy atom. The molecule has 4 aliphatic carbocycles. The van der Waals surface area contributed by atoms with E-state index in [1.807, 2.05) is 0 Å². The lowest BCUT2D eigenvalue weighted by Crippen LogP contribution is -2.37. The molecule has 1 heteroatoms. The van der Waals surface area contributed by atoms with Crippen LogP contribution in [0.4, 0.5) is 0 Å². The van der Waals surface area contributed by atoms with Gasteiger partial charge in [-0.3, -0.25) is 0 Å². The van der Waals surface area contributed by atoms with Crippen molar-refractivity contribution in [3.05, 3.63) is 0 Å². The summed E-state index contributed by atoms with van der Waals surface area (Å²) < 4.78 is 0. The van der Waals surface area contributed by atoms with Gasteiger partial charge in [0.1, 0.15) is 6.71 Å². The first-order valence-corrected chi connectivity index (χ1v) is 11.5. The summed E-state index contributed by atoms with van der Waals surface area (Å²) in [6, 6.07) is 0. The Morgan fingerprint density at radius 2 is 0.958 bits per heavy atom. The second kappa shape index (κ2) is 6.66. The van der Waals surface area contributed by atoms with Gasteiger partial charge < -0.3 is 0 Å². The van der Waals surface area contributed by atoms with Crippen LogP contribution in [-0.2, 0) is 0 Å². The standard InChI is InChI=1S/C23H41B/c1-14-8-6-10-18-20(14)12-16(3)22(18)24(5)23-17(4)13-21-15(2)9-7-11-19(21)23/h14-23H,6-13H2,1-5H3. The van der Waals surface area contributed by atoms with Crippen LogP contribution in [0.2, 0.25) is 18.5 Å². The molecule has 4 saturated carbocycles. The van der Waals surface area contributed by atoms with Crippen LogP contribution in [0.1, 0.15) is 79.1 Å². The highest BCUT2D eigenvalue weighted by Gasteiger charge is 2.54. The van der Waals surface area contributed by atoms with Crippen molar-refractivity contribution in [2.75, 3.05) is 0 Å². The maximum Gasteiger partial charge on any atom is 0.144 e. The molecule has 0 N–H and O–H groups in total. The summed E-state index contributed by atoms with van der Waals surface area (Å²) in [7, 11) is 0. The predicted molar refractivity (Wildman–Crippen MR) is 107 cm³/mol. The third-order valence-corrected chi connectivity index (χ3v) is 9.76. The van der Waals surface area contributed by atoms with E-state index >= 15 is 0 Å². The minimum absolute atomic E-state index is 0.982. The van der Waals surface area contributed by atoms with Crippen molar-refractivity contribution in [1.82, 2.24) is 0 Å². The molecule has 4 rings (SSSR count). The zero-order valence-electron chi connectivity index (χ0n) is 17.0. The molecule has 0 aromatic rings. The number of hydrogen-bond donors (Lipinski definition) is 0. The fraction of sp³-hybridized carbons (Fsp3) is 1.00. The van der Waals surface area contributed by atoms with Crippen LogP contribution >= 0.6 is 0 Å². The maximum absolute atomic E-state index is 2.70. The highest BCUT2D eigenvalue weighted by Crippen LogP contribution is 2.62. The Kier molecular flexibility index (Phi) is 4.85. The molecule has 0 bridgehead atoms. The minimum atomic E-state index is 0.982. The van der Waals surface area contributed by atoms with Crippen LogP contribution in [0.15, 0.2) is 0 Å². The highest BCUT2D eigenvalue weighted by molar-refractivity contribution is 6.61. The van der Waals surface area contributed by atoms with Crippen molar-refractivity contribution < 1.29 is 0 Å². The Morgan fingerprint density at radius 3 is 1.38 bits per heavy atom. The number of hydrogen-bond acceptors (Lipinski definition) is 0. The van der Waals surface area contributed by atoms with Gasteiger partial charge in [-0.1, -0.05) is 84.7 Å². The zero-order valence-corrected chi connectivity index (χ0v) is 17.0. The summed E-state index contributed by atoms with van der Waals surface area (Å²) in [5, 5.41) is 0. The predicted octanol–water partition coefficient (Wildman–Crippen LogP) is 7.04. The van der Waals surface area contributed by atoms with E-state index in [4.69, 9.17) is 0 Å². The van der Waals surface area contributed by atoms with E-state index in [2.05, 4.69) is 34.5 Å². The van der Waals surface area contributed by atoms with Crippen LogP contribution in [0, 0.1) is 47.3 Å². The molecule has 136 valence electrons. The second-order valence-corrected chi connectivity index (χ2v) is 10.9. The summed E-state index contributed by atoms with van der Waals surface area (Å²) >= 11 is 0. The summed E-state index contributed by atoms with van der Waals surface area (Å²) in [6.45, 7) is 14.0. The van der Waals surface area contributed by atoms with Crippen molar-refractivity contribution in [2.45, 2.75) is 97.5 Å². The van der Waals surface area contributed by atoms with Crippen LogP contribution < -0.4 is 0 Å². The Bertz CT molecular complexity index is 405. The summed E-state index contributed by atoms with van der Waals surface area (Å²) in [4.78, 5) is 0. The largest absolute Gasteiger partial charge is 0.144 e. The first-order chi connectivity index (χ1) is 11.5. The topological polar surface area (TPSA) is 0 Å². The van der Waals surface area contributed by atoms with Gasteiger partial charge in [0, 0.05) is 0 Å². The van der Waals surface area contributed by atoms with E-state index in [0.29, 0.717) is 0 Å². The van der Waals surface area contributed by atoms with Crippen molar-refractivity contribution in [3.8, 4) is 0 Å². The molecule has 10 atom stereocenters. The van der Waals surface area contributed by atoms with Crippen molar-refractivity contribution >= 4 is 6.71 Å². The smallest absolute Gasteiger partial charge is 0.0856 e. The lowest BCUT2D eigenvalue weighted by Gasteiger charge is -2.41. The van der Waals surface area contributed by atoms with E-state index in [1.165, 1.54) is 25.7 Å². The van der Waals surface area contributed by atoms with E-state index in [9.17, 15) is 0 Å². The van der Waals surface area contributed by atoms with Gasteiger partial charge in [0.15, 0.2) is 0 Å². The van der Waals surface area contributed by atoms with Crippen LogP contribution in [-0.4, -0.2) is 6.71 Å². The molecule has 0 aromatic carbocycles. The van der Waals surface area contributed by atoms with E-state index in [1.54, 1.807) is 25.7 Å². The summed E-state index contributed by atoms with van der Waals surface area (Å²) in [5.74, 6) is 10.4. The molecular weight excluding hydrogens is 287 g/mol. The van der Waals surface area contributed by atoms with Crippen LogP contribution in [0.25, 0.3) is 0 Å². The average molecular weight is 328 g/mol. The maximum atomic E-state index is 2.70. The Balaban J connectivity index is 1.55. The van der Waals surface area contributed by atoms with Gasteiger partial charge in [-0.15, -0.1) is 0 Å². The monoisotopic (exact) mass is 328 g/mol. The average Bonchev–Trinajstić information content (AvgIpc) is 3.05. The van der Waals surface area contributed by atoms with Gasteiger partial charge >= 0.3 is 0 Å². The second-order valence-electron chi connectivity index (χ2n) is 10.9. The minimum Gasteiger partial charge on any atom is -0.0856 e. The third kappa shape index (κ3) is 2.71. The van der Waals surface area contributed by atoms with Gasteiger partial charge in [-0.2, -0.15) is 0 Å². The van der Waals surface area contributed by atoms with E-state index < -0.39 is 0 Å². The van der Waals surface area contributed by atoms with Gasteiger partial charge in [0.05, 0.1) is 0 Å². The third-order valence-electron chi connectivity index (χ3n) is 9.76. The molecule has 0 spiro atoms. The molecule has 0 radical (unpaired) electrons. The summed E-state index contributed by atoms with van der Waals surface area (Å²) in [6.07, 6.45) is 12.3. The molecule has 0 amide bonds. The fourth-order valence-electron chi connectivity index (χ4n) is 8.91. The van der Waals surface area contributed by atoms with Gasteiger partial charge in [0.25, 0.3) is 0 Å². The lowest BCUT2D eigenvalue weighted by molar-refractivity contribution is 0.189. The van der Waals surface area contributed by atoms with Crippen LogP contribution in [0.5, 0.6) is 0 Å². The SMILES string of the molecule is CB(C1C(C)CC2C(C)CCCC21)C1C(C)CC2C(C)CCCC21. The first kappa shape index (κ1) is 17.5. The molecule has 24 heavy (non-hydrogen) atoms. The van der Waals surface area contributed by atoms with Crippen molar-refractivity contribution in [3.63, 3.8) is 0 Å². The van der Waals surface area contributed by atoms with Crippen molar-refractivity contribution in [1.29, 1.82) is 0 Å². The molecule has 0 nitrogen and oxygen atoms in total. The molecule has 0 aliphatic heterocycles. The van der Waals surface area contributed by atoms with E-state index in [-0.39, 0.29) is 0 Å². The molecule has 10 unspecified atom stereocenters. The summed E-state index contributed by atoms with van der Waals surface area (Å²) in [5.41, 5.74) is 0. The zero-order chi connectivity index (χ0) is 17.0. The molecule has 4 fully saturated rings. The fourth-order valence-corrected chi connectivity index (χ4v) is 8.91. The Hall–Kier alpha value is 0.0649. The lowest BCUT2D eigenvalue weighted by atomic mass is 9.29. The number of rotatable bonds is 2. The van der Waals surface area contributed by atoms with Crippen LogP contribution in [0.3, 0.4) is 0 Å². The van der Waals surface area contributed by atoms with Gasteiger partial charge in [0.2, 0.25) is 0 Å². The number of fused-ring (bicyclic) bond motifs is 2. The van der Waals surface area contributed by atoms with Gasteiger partial charge in [-0.25, -0.2) is 0 Å². The molecule has 4 aliphatic rings. The highest BCUT2D eigenvalue weighted by atomic mass is 14.5. The molecule has 0 saturated heterocycles. The molecule has 0 aromatic heterocycles. The van der Waals surface area contributed by atoms with Crippen molar-refractivity contribution in [2.24, 2.45) is 47.3 Å². The van der Waals surface area contributed by atoms with Gasteiger partial charge in [-0.05, 0) is 60.2 Å². The first-order valence-electron chi connectivity index (χ1n) is 11.5. The normalized spacial score (nSPS) is 54.4. The molecule has 0 heterocycles. The molecular formula is C23H41B. The quantitative estimate of drug-likeness (QED) is 0.477.